The first-order chi connectivity index (χ1) is 11.6. The molecule has 1 aromatic carbocycles. The summed E-state index contributed by atoms with van der Waals surface area (Å²) in [5.41, 5.74) is 5.42. The van der Waals surface area contributed by atoms with Crippen LogP contribution in [0.2, 0.25) is 0 Å². The average molecular weight is 322 g/mol. The molecule has 0 aliphatic heterocycles. The van der Waals surface area contributed by atoms with Gasteiger partial charge in [-0.3, -0.25) is 4.99 Å². The molecule has 0 aromatic heterocycles. The maximum absolute atomic E-state index is 4.70. The van der Waals surface area contributed by atoms with Gasteiger partial charge in [0.05, 0.1) is 0 Å². The van der Waals surface area contributed by atoms with E-state index >= 15 is 0 Å². The van der Waals surface area contributed by atoms with E-state index in [1.54, 1.807) is 6.08 Å². The maximum Gasteiger partial charge on any atom is 0.0448 e. The second kappa shape index (κ2) is 13.1. The predicted molar refractivity (Wildman–Crippen MR) is 111 cm³/mol. The molecule has 0 saturated carbocycles. The van der Waals surface area contributed by atoms with E-state index in [4.69, 9.17) is 4.99 Å². The van der Waals surface area contributed by atoms with Crippen LogP contribution in [0.4, 0.5) is 0 Å². The van der Waals surface area contributed by atoms with Gasteiger partial charge in [-0.05, 0) is 50.5 Å². The highest BCUT2D eigenvalue weighted by molar-refractivity contribution is 5.99. The van der Waals surface area contributed by atoms with Crippen LogP contribution in [0.1, 0.15) is 47.1 Å². The number of aliphatic imine (C=N–C) groups is 1. The Bertz CT molecular complexity index is 638. The first kappa shape index (κ1) is 21.6. The molecule has 128 valence electrons. The number of allylic oxidation sites excluding steroid dienone is 9. The van der Waals surface area contributed by atoms with Crippen molar-refractivity contribution in [1.82, 2.24) is 0 Å². The van der Waals surface area contributed by atoms with E-state index in [0.717, 1.165) is 28.1 Å². The third kappa shape index (κ3) is 7.73. The van der Waals surface area contributed by atoms with Gasteiger partial charge in [-0.25, -0.2) is 0 Å². The molecule has 0 atom stereocenters. The van der Waals surface area contributed by atoms with E-state index in [-0.39, 0.29) is 0 Å². The van der Waals surface area contributed by atoms with Crippen LogP contribution in [0.3, 0.4) is 0 Å². The molecule has 1 rings (SSSR count). The van der Waals surface area contributed by atoms with E-state index in [1.165, 1.54) is 0 Å². The fourth-order valence-corrected chi connectivity index (χ4v) is 2.15. The standard InChI is InChI=1S/C21H25N.C2H6/c1-6-12-21(13-7-2)19(8-3)16-17(4)22-18(5)20-14-10-9-11-15-20;1-2/h6-16H,1H2,2-5H3;1-2H3/b13-7-,17-16-,19-8+,21-12+,22-18?;. The molecule has 0 amide bonds. The van der Waals surface area contributed by atoms with Crippen molar-refractivity contribution < 1.29 is 0 Å². The highest BCUT2D eigenvalue weighted by Crippen LogP contribution is 2.17. The summed E-state index contributed by atoms with van der Waals surface area (Å²) in [7, 11) is 0. The molecule has 0 N–H and O–H groups in total. The van der Waals surface area contributed by atoms with Crippen LogP contribution < -0.4 is 0 Å². The summed E-state index contributed by atoms with van der Waals surface area (Å²) >= 11 is 0. The quantitative estimate of drug-likeness (QED) is 0.393. The molecule has 1 aromatic rings. The van der Waals surface area contributed by atoms with Gasteiger partial charge in [0.25, 0.3) is 0 Å². The van der Waals surface area contributed by atoms with Crippen LogP contribution in [0.15, 0.2) is 95.2 Å². The molecule has 24 heavy (non-hydrogen) atoms. The highest BCUT2D eigenvalue weighted by atomic mass is 14.7. The lowest BCUT2D eigenvalue weighted by Gasteiger charge is -2.05. The summed E-state index contributed by atoms with van der Waals surface area (Å²) in [5, 5.41) is 0. The van der Waals surface area contributed by atoms with Gasteiger partial charge < -0.3 is 0 Å². The minimum Gasteiger partial charge on any atom is -0.258 e. The molecule has 0 aliphatic carbocycles. The molecule has 0 radical (unpaired) electrons. The Morgan fingerprint density at radius 2 is 1.62 bits per heavy atom. The minimum absolute atomic E-state index is 0.980. The van der Waals surface area contributed by atoms with Crippen LogP contribution in [0, 0.1) is 0 Å². The molecule has 0 unspecified atom stereocenters. The van der Waals surface area contributed by atoms with E-state index in [1.807, 2.05) is 71.9 Å². The minimum atomic E-state index is 0.980. The van der Waals surface area contributed by atoms with Crippen molar-refractivity contribution in [3.05, 3.63) is 95.8 Å². The highest BCUT2D eigenvalue weighted by Gasteiger charge is 2.00. The van der Waals surface area contributed by atoms with Crippen LogP contribution in [-0.4, -0.2) is 5.71 Å². The molecule has 0 spiro atoms. The Hall–Kier alpha value is -2.41. The van der Waals surface area contributed by atoms with E-state index in [9.17, 15) is 0 Å². The Kier molecular flexibility index (Phi) is 11.8. The maximum atomic E-state index is 4.70. The monoisotopic (exact) mass is 321 g/mol. The van der Waals surface area contributed by atoms with Gasteiger partial charge in [0.2, 0.25) is 0 Å². The van der Waals surface area contributed by atoms with Gasteiger partial charge >= 0.3 is 0 Å². The topological polar surface area (TPSA) is 12.4 Å². The lowest BCUT2D eigenvalue weighted by molar-refractivity contribution is 1.27. The zero-order chi connectivity index (χ0) is 18.4. The normalized spacial score (nSPS) is 13.6. The lowest BCUT2D eigenvalue weighted by atomic mass is 10.0. The summed E-state index contributed by atoms with van der Waals surface area (Å²) in [6, 6.07) is 10.2. The number of nitrogens with zero attached hydrogens (tertiary/aromatic N) is 1. The first-order valence-corrected chi connectivity index (χ1v) is 8.53. The fraction of sp³-hybridized carbons (Fsp3) is 0.261. The summed E-state index contributed by atoms with van der Waals surface area (Å²) < 4.78 is 0. The van der Waals surface area contributed by atoms with Crippen molar-refractivity contribution in [3.8, 4) is 0 Å². The largest absolute Gasteiger partial charge is 0.258 e. The Morgan fingerprint density at radius 3 is 2.12 bits per heavy atom. The molecule has 0 heterocycles. The number of benzene rings is 1. The van der Waals surface area contributed by atoms with E-state index < -0.39 is 0 Å². The molecule has 1 nitrogen and oxygen atoms in total. The van der Waals surface area contributed by atoms with Gasteiger partial charge in [0, 0.05) is 11.4 Å². The van der Waals surface area contributed by atoms with Gasteiger partial charge in [-0.1, -0.05) is 81.1 Å². The van der Waals surface area contributed by atoms with Crippen molar-refractivity contribution in [2.45, 2.75) is 41.5 Å². The lowest BCUT2D eigenvalue weighted by Crippen LogP contribution is -1.94. The Morgan fingerprint density at radius 1 is 1.00 bits per heavy atom. The zero-order valence-corrected chi connectivity index (χ0v) is 16.0. The zero-order valence-electron chi connectivity index (χ0n) is 16.0. The average Bonchev–Trinajstić information content (AvgIpc) is 2.62. The van der Waals surface area contributed by atoms with Gasteiger partial charge in [0.15, 0.2) is 0 Å². The van der Waals surface area contributed by atoms with Crippen LogP contribution in [0.25, 0.3) is 0 Å². The molecule has 0 fully saturated rings. The molecular weight excluding hydrogens is 290 g/mol. The van der Waals surface area contributed by atoms with Gasteiger partial charge in [-0.15, -0.1) is 0 Å². The Balaban J connectivity index is 0.00000254. The molecule has 0 aliphatic rings. The molecule has 0 bridgehead atoms. The summed E-state index contributed by atoms with van der Waals surface area (Å²) in [6.07, 6.45) is 12.1. The van der Waals surface area contributed by atoms with Crippen LogP contribution in [-0.2, 0) is 0 Å². The second-order valence-electron chi connectivity index (χ2n) is 4.95. The molecular formula is C23H31N. The predicted octanol–water partition coefficient (Wildman–Crippen LogP) is 7.06. The molecule has 1 heteroatoms. The van der Waals surface area contributed by atoms with Gasteiger partial charge in [-0.2, -0.15) is 0 Å². The third-order valence-corrected chi connectivity index (χ3v) is 3.19. The number of hydrogen-bond acceptors (Lipinski definition) is 1. The van der Waals surface area contributed by atoms with Crippen LogP contribution >= 0.6 is 0 Å². The second-order valence-corrected chi connectivity index (χ2v) is 4.95. The third-order valence-electron chi connectivity index (χ3n) is 3.19. The van der Waals surface area contributed by atoms with E-state index in [2.05, 4.69) is 36.9 Å². The van der Waals surface area contributed by atoms with Crippen molar-refractivity contribution in [2.75, 3.05) is 0 Å². The van der Waals surface area contributed by atoms with Crippen molar-refractivity contribution in [1.29, 1.82) is 0 Å². The van der Waals surface area contributed by atoms with Crippen LogP contribution in [0.5, 0.6) is 0 Å². The summed E-state index contributed by atoms with van der Waals surface area (Å²) in [6.45, 7) is 15.9. The SMILES string of the molecule is C=C/C=C(\C=C/C)C(/C=C(/C)N=C(C)c1ccccc1)=C/C.CC. The summed E-state index contributed by atoms with van der Waals surface area (Å²) in [4.78, 5) is 4.70. The fourth-order valence-electron chi connectivity index (χ4n) is 2.15. The number of rotatable bonds is 6. The van der Waals surface area contributed by atoms with Crippen molar-refractivity contribution in [3.63, 3.8) is 0 Å². The smallest absolute Gasteiger partial charge is 0.0448 e. The first-order valence-electron chi connectivity index (χ1n) is 8.53. The van der Waals surface area contributed by atoms with Crippen molar-refractivity contribution in [2.24, 2.45) is 4.99 Å². The number of hydrogen-bond donors (Lipinski definition) is 0. The Labute approximate surface area is 148 Å². The van der Waals surface area contributed by atoms with E-state index in [0.29, 0.717) is 0 Å². The van der Waals surface area contributed by atoms with Crippen molar-refractivity contribution >= 4 is 5.71 Å². The molecule has 0 saturated heterocycles. The van der Waals surface area contributed by atoms with Gasteiger partial charge in [0.1, 0.15) is 0 Å². The summed E-state index contributed by atoms with van der Waals surface area (Å²) in [5.74, 6) is 0.